The minimum absolute atomic E-state index is 0. The van der Waals surface area contributed by atoms with Gasteiger partial charge in [0.2, 0.25) is 5.91 Å². The van der Waals surface area contributed by atoms with Crippen LogP contribution >= 0.6 is 24.8 Å². The Balaban J connectivity index is 0.00000171. The van der Waals surface area contributed by atoms with Crippen LogP contribution in [0, 0.1) is 5.92 Å². The van der Waals surface area contributed by atoms with Gasteiger partial charge in [-0.05, 0) is 44.5 Å². The summed E-state index contributed by atoms with van der Waals surface area (Å²) in [6.07, 6.45) is 1.56. The van der Waals surface area contributed by atoms with Gasteiger partial charge < -0.3 is 20.1 Å². The van der Waals surface area contributed by atoms with Gasteiger partial charge >= 0.3 is 0 Å². The van der Waals surface area contributed by atoms with Crippen molar-refractivity contribution in [3.05, 3.63) is 70.1 Å². The third-order valence-corrected chi connectivity index (χ3v) is 6.28. The highest BCUT2D eigenvalue weighted by Crippen LogP contribution is 2.41. The SMILES string of the molecule is CN(C)C[C@H]1[C@H]2C[C@H](CN(C(=O)[C@H](N)Cc3ccccc3)C2)c2cccc(=O)n21.Cl.Cl. The zero-order valence-electron chi connectivity index (χ0n) is 18.0. The first-order valence-corrected chi connectivity index (χ1v) is 10.4. The lowest BCUT2D eigenvalue weighted by atomic mass is 9.78. The zero-order chi connectivity index (χ0) is 20.5. The van der Waals surface area contributed by atoms with E-state index in [1.807, 2.05) is 66.0 Å². The van der Waals surface area contributed by atoms with Gasteiger partial charge in [-0.1, -0.05) is 36.4 Å². The Morgan fingerprint density at radius 2 is 1.81 bits per heavy atom. The number of hydrogen-bond donors (Lipinski definition) is 1. The average molecular weight is 467 g/mol. The van der Waals surface area contributed by atoms with E-state index in [0.29, 0.717) is 19.5 Å². The van der Waals surface area contributed by atoms with Crippen LogP contribution in [0.4, 0.5) is 0 Å². The van der Waals surface area contributed by atoms with Gasteiger partial charge in [0, 0.05) is 37.3 Å². The molecule has 0 radical (unpaired) electrons. The number of halogens is 2. The summed E-state index contributed by atoms with van der Waals surface area (Å²) in [6.45, 7) is 2.08. The van der Waals surface area contributed by atoms with Gasteiger partial charge in [-0.2, -0.15) is 0 Å². The Bertz CT molecular complexity index is 935. The van der Waals surface area contributed by atoms with Gasteiger partial charge in [0.25, 0.3) is 5.56 Å². The first kappa shape index (κ1) is 25.4. The third-order valence-electron chi connectivity index (χ3n) is 6.28. The molecule has 0 unspecified atom stereocenters. The lowest BCUT2D eigenvalue weighted by Crippen LogP contribution is -2.55. The number of fused-ring (bicyclic) bond motifs is 4. The van der Waals surface area contributed by atoms with Crippen molar-refractivity contribution < 1.29 is 4.79 Å². The molecule has 1 fully saturated rings. The summed E-state index contributed by atoms with van der Waals surface area (Å²) in [4.78, 5) is 29.9. The van der Waals surface area contributed by atoms with E-state index in [1.165, 1.54) is 0 Å². The molecule has 0 aliphatic carbocycles. The fourth-order valence-corrected chi connectivity index (χ4v) is 5.02. The minimum Gasteiger partial charge on any atom is -0.340 e. The van der Waals surface area contributed by atoms with Gasteiger partial charge in [-0.15, -0.1) is 24.8 Å². The first-order chi connectivity index (χ1) is 13.9. The van der Waals surface area contributed by atoms with Crippen LogP contribution in [0.15, 0.2) is 53.3 Å². The number of amides is 1. The highest BCUT2D eigenvalue weighted by atomic mass is 35.5. The number of benzene rings is 1. The molecule has 0 spiro atoms. The Hall–Kier alpha value is -1.86. The fourth-order valence-electron chi connectivity index (χ4n) is 5.02. The monoisotopic (exact) mass is 466 g/mol. The van der Waals surface area contributed by atoms with Gasteiger partial charge in [-0.25, -0.2) is 0 Å². The van der Waals surface area contributed by atoms with E-state index in [-0.39, 0.29) is 54.2 Å². The molecule has 2 aromatic rings. The lowest BCUT2D eigenvalue weighted by Gasteiger charge is -2.48. The number of pyridine rings is 1. The topological polar surface area (TPSA) is 71.6 Å². The highest BCUT2D eigenvalue weighted by molar-refractivity contribution is 5.85. The largest absolute Gasteiger partial charge is 0.340 e. The Morgan fingerprint density at radius 1 is 1.10 bits per heavy atom. The van der Waals surface area contributed by atoms with Crippen LogP contribution in [0.1, 0.15) is 29.6 Å². The molecule has 2 N–H and O–H groups in total. The smallest absolute Gasteiger partial charge is 0.251 e. The normalized spacial score (nSPS) is 22.7. The molecule has 3 heterocycles. The van der Waals surface area contributed by atoms with Crippen molar-refractivity contribution in [1.82, 2.24) is 14.4 Å². The summed E-state index contributed by atoms with van der Waals surface area (Å²) >= 11 is 0. The highest BCUT2D eigenvalue weighted by Gasteiger charge is 2.42. The number of carbonyl (C=O) groups excluding carboxylic acids is 1. The fraction of sp³-hybridized carbons (Fsp3) is 0.478. The first-order valence-electron chi connectivity index (χ1n) is 10.4. The number of likely N-dealkylation sites (N-methyl/N-ethyl adjacent to an activating group) is 1. The number of hydrogen-bond acceptors (Lipinski definition) is 4. The van der Waals surface area contributed by atoms with Gasteiger partial charge in [0.15, 0.2) is 0 Å². The zero-order valence-corrected chi connectivity index (χ0v) is 19.6. The Morgan fingerprint density at radius 3 is 2.48 bits per heavy atom. The molecule has 1 aromatic heterocycles. The number of nitrogens with two attached hydrogens (primary N) is 1. The number of likely N-dealkylation sites (tertiary alicyclic amines) is 1. The van der Waals surface area contributed by atoms with Crippen molar-refractivity contribution in [2.75, 3.05) is 33.7 Å². The molecule has 2 aliphatic heterocycles. The van der Waals surface area contributed by atoms with Crippen LogP contribution in [-0.4, -0.2) is 60.0 Å². The molecule has 0 saturated carbocycles. The van der Waals surface area contributed by atoms with Gasteiger partial charge in [0.1, 0.15) is 0 Å². The molecule has 170 valence electrons. The molecular formula is C23H32Cl2N4O2. The molecule has 31 heavy (non-hydrogen) atoms. The molecule has 2 bridgehead atoms. The van der Waals surface area contributed by atoms with E-state index < -0.39 is 6.04 Å². The van der Waals surface area contributed by atoms with Crippen molar-refractivity contribution in [2.45, 2.75) is 30.8 Å². The van der Waals surface area contributed by atoms with Crippen molar-refractivity contribution in [3.8, 4) is 0 Å². The van der Waals surface area contributed by atoms with E-state index in [9.17, 15) is 9.59 Å². The van der Waals surface area contributed by atoms with E-state index in [0.717, 1.165) is 24.2 Å². The second kappa shape index (κ2) is 10.6. The number of aromatic nitrogens is 1. The van der Waals surface area contributed by atoms with E-state index in [2.05, 4.69) is 4.90 Å². The summed E-state index contributed by atoms with van der Waals surface area (Å²) < 4.78 is 1.98. The number of rotatable bonds is 5. The molecule has 6 nitrogen and oxygen atoms in total. The maximum absolute atomic E-state index is 13.2. The van der Waals surface area contributed by atoms with Crippen molar-refractivity contribution in [2.24, 2.45) is 11.7 Å². The van der Waals surface area contributed by atoms with Crippen LogP contribution in [0.25, 0.3) is 0 Å². The summed E-state index contributed by atoms with van der Waals surface area (Å²) in [6, 6.07) is 15.0. The summed E-state index contributed by atoms with van der Waals surface area (Å²) in [5, 5.41) is 0. The van der Waals surface area contributed by atoms with Crippen LogP contribution in [0.5, 0.6) is 0 Å². The standard InChI is InChI=1S/C23H30N4O2.2ClH/c1-25(2)15-21-18-12-17(20-9-6-10-22(28)27(20)21)13-26(14-18)23(29)19(24)11-16-7-4-3-5-8-16;;/h3-10,17-19,21H,11-15,24H2,1-2H3;2*1H/t17-,18+,19-,21+;;/m1../s1. The quantitative estimate of drug-likeness (QED) is 0.733. The van der Waals surface area contributed by atoms with Gasteiger partial charge in [-0.3, -0.25) is 9.59 Å². The number of nitrogens with zero attached hydrogens (tertiary/aromatic N) is 3. The number of piperidine rings is 1. The summed E-state index contributed by atoms with van der Waals surface area (Å²) in [7, 11) is 4.06. The average Bonchev–Trinajstić information content (AvgIpc) is 2.71. The van der Waals surface area contributed by atoms with Crippen LogP contribution in [0.2, 0.25) is 0 Å². The van der Waals surface area contributed by atoms with Crippen LogP contribution in [-0.2, 0) is 11.2 Å². The van der Waals surface area contributed by atoms with E-state index in [4.69, 9.17) is 5.73 Å². The third kappa shape index (κ3) is 5.32. The lowest BCUT2D eigenvalue weighted by molar-refractivity contribution is -0.135. The summed E-state index contributed by atoms with van der Waals surface area (Å²) in [5.74, 6) is 0.462. The second-order valence-electron chi connectivity index (χ2n) is 8.72. The predicted molar refractivity (Wildman–Crippen MR) is 128 cm³/mol. The molecule has 1 amide bonds. The van der Waals surface area contributed by atoms with Crippen LogP contribution in [0.3, 0.4) is 0 Å². The van der Waals surface area contributed by atoms with E-state index >= 15 is 0 Å². The Kier molecular flexibility index (Phi) is 8.72. The molecule has 2 aliphatic rings. The molecular weight excluding hydrogens is 435 g/mol. The van der Waals surface area contributed by atoms with E-state index in [1.54, 1.807) is 6.07 Å². The van der Waals surface area contributed by atoms with Crippen molar-refractivity contribution in [3.63, 3.8) is 0 Å². The molecule has 4 atom stereocenters. The van der Waals surface area contributed by atoms with Gasteiger partial charge in [0.05, 0.1) is 12.1 Å². The number of carbonyl (C=O) groups is 1. The Labute approximate surface area is 196 Å². The van der Waals surface area contributed by atoms with Crippen molar-refractivity contribution in [1.29, 1.82) is 0 Å². The minimum atomic E-state index is -0.540. The maximum Gasteiger partial charge on any atom is 0.251 e. The predicted octanol–water partition coefficient (Wildman–Crippen LogP) is 2.31. The second-order valence-corrected chi connectivity index (χ2v) is 8.72. The molecule has 8 heteroatoms. The van der Waals surface area contributed by atoms with Crippen molar-refractivity contribution >= 4 is 30.7 Å². The summed E-state index contributed by atoms with van der Waals surface area (Å²) in [5.41, 5.74) is 8.50. The maximum atomic E-state index is 13.2. The molecule has 4 rings (SSSR count). The van der Waals surface area contributed by atoms with Crippen LogP contribution < -0.4 is 11.3 Å². The molecule has 1 saturated heterocycles. The molecule has 1 aromatic carbocycles.